The van der Waals surface area contributed by atoms with Crippen molar-refractivity contribution in [2.75, 3.05) is 38.6 Å². The molecule has 3 N–H and O–H groups in total. The van der Waals surface area contributed by atoms with E-state index in [1.807, 2.05) is 11.9 Å². The minimum Gasteiger partial charge on any atom is -0.480 e. The van der Waals surface area contributed by atoms with E-state index in [4.69, 9.17) is 16.3 Å². The number of nitrogens with one attached hydrogen (secondary N) is 1. The monoisotopic (exact) mass is 603 g/mol. The first-order valence-electron chi connectivity index (χ1n) is 11.4. The van der Waals surface area contributed by atoms with Crippen molar-refractivity contribution in [3.63, 3.8) is 0 Å². The van der Waals surface area contributed by atoms with Gasteiger partial charge >= 0.3 is 17.7 Å². The number of anilines is 1. The number of pyridine rings is 1. The van der Waals surface area contributed by atoms with Crippen LogP contribution in [-0.4, -0.2) is 86.9 Å². The van der Waals surface area contributed by atoms with Crippen LogP contribution in [0.5, 0.6) is 5.88 Å². The SMILES string of the molecule is CN1CCCC1COc1nc2c(F)c(Br)c(Cl)cc2c(NC2(C(=O)O)CCN(C(=O)O)CC2)c1[N+](=O)[O-]. The number of amides is 1. The molecule has 200 valence electrons. The number of piperidine rings is 1. The minimum absolute atomic E-state index is 0.0268. The number of rotatable bonds is 7. The lowest BCUT2D eigenvalue weighted by molar-refractivity contribution is -0.385. The molecule has 0 saturated carbocycles. The molecule has 0 radical (unpaired) electrons. The largest absolute Gasteiger partial charge is 0.480 e. The summed E-state index contributed by atoms with van der Waals surface area (Å²) in [4.78, 5) is 42.5. The Bertz CT molecular complexity index is 1270. The summed E-state index contributed by atoms with van der Waals surface area (Å²) in [6.45, 7) is 0.652. The van der Waals surface area contributed by atoms with Crippen molar-refractivity contribution in [2.24, 2.45) is 0 Å². The number of carbonyl (C=O) groups is 2. The molecule has 1 aromatic heterocycles. The van der Waals surface area contributed by atoms with E-state index in [1.165, 1.54) is 6.07 Å². The fourth-order valence-corrected chi connectivity index (χ4v) is 5.24. The van der Waals surface area contributed by atoms with E-state index in [9.17, 15) is 29.9 Å². The number of aromatic nitrogens is 1. The molecule has 0 aliphatic carbocycles. The van der Waals surface area contributed by atoms with Gasteiger partial charge in [0.1, 0.15) is 23.3 Å². The number of carboxylic acid groups (broad SMARTS) is 2. The molecule has 1 aromatic carbocycles. The van der Waals surface area contributed by atoms with Gasteiger partial charge in [0.2, 0.25) is 0 Å². The van der Waals surface area contributed by atoms with Crippen LogP contribution in [-0.2, 0) is 4.79 Å². The fraction of sp³-hybridized carbons (Fsp3) is 0.500. The van der Waals surface area contributed by atoms with E-state index in [2.05, 4.69) is 26.2 Å². The van der Waals surface area contributed by atoms with Gasteiger partial charge in [-0.2, -0.15) is 0 Å². The first-order chi connectivity index (χ1) is 17.4. The summed E-state index contributed by atoms with van der Waals surface area (Å²) in [5, 5.41) is 34.2. The molecule has 2 aliphatic rings. The first kappa shape index (κ1) is 27.1. The maximum atomic E-state index is 15.3. The maximum absolute atomic E-state index is 15.3. The molecule has 3 heterocycles. The zero-order valence-electron chi connectivity index (χ0n) is 19.7. The normalized spacial score (nSPS) is 19.7. The standard InChI is InChI=1S/C22H24BrClFN5O7/c1-28-6-2-3-11(28)10-37-19-18(30(35)36)17(12-9-13(24)14(23)15(25)16(12)26-19)27-22(20(31)32)4-7-29(8-5-22)21(33)34/h9,11H,2-8,10H2,1H3,(H,26,27)(H,31,32)(H,33,34). The van der Waals surface area contributed by atoms with Crippen LogP contribution < -0.4 is 10.1 Å². The summed E-state index contributed by atoms with van der Waals surface area (Å²) in [6.07, 6.45) is 0.155. The molecule has 15 heteroatoms. The number of halogens is 3. The molecule has 37 heavy (non-hydrogen) atoms. The van der Waals surface area contributed by atoms with Crippen LogP contribution >= 0.6 is 27.5 Å². The van der Waals surface area contributed by atoms with Gasteiger partial charge in [-0.15, -0.1) is 0 Å². The van der Waals surface area contributed by atoms with Crippen LogP contribution in [0.4, 0.5) is 20.6 Å². The zero-order chi connectivity index (χ0) is 27.1. The lowest BCUT2D eigenvalue weighted by Gasteiger charge is -2.38. The second-order valence-electron chi connectivity index (χ2n) is 9.15. The van der Waals surface area contributed by atoms with E-state index in [-0.39, 0.29) is 64.7 Å². The predicted molar refractivity (Wildman–Crippen MR) is 135 cm³/mol. The first-order valence-corrected chi connectivity index (χ1v) is 12.6. The second-order valence-corrected chi connectivity index (χ2v) is 10.3. The third-order valence-electron chi connectivity index (χ3n) is 6.99. The van der Waals surface area contributed by atoms with Gasteiger partial charge in [0.05, 0.1) is 14.4 Å². The number of benzene rings is 1. The number of likely N-dealkylation sites (N-methyl/N-ethyl adjacent to an activating group) is 1. The van der Waals surface area contributed by atoms with Crippen LogP contribution in [0, 0.1) is 15.9 Å². The van der Waals surface area contributed by atoms with Crippen molar-refractivity contribution in [1.82, 2.24) is 14.8 Å². The highest BCUT2D eigenvalue weighted by Gasteiger charge is 2.45. The van der Waals surface area contributed by atoms with Crippen molar-refractivity contribution < 1.29 is 33.9 Å². The van der Waals surface area contributed by atoms with Gasteiger partial charge in [-0.05, 0) is 61.3 Å². The molecular weight excluding hydrogens is 581 g/mol. The van der Waals surface area contributed by atoms with Crippen molar-refractivity contribution in [3.05, 3.63) is 31.5 Å². The Balaban J connectivity index is 1.86. The van der Waals surface area contributed by atoms with Crippen molar-refractivity contribution >= 4 is 61.9 Å². The Morgan fingerprint density at radius 3 is 2.59 bits per heavy atom. The summed E-state index contributed by atoms with van der Waals surface area (Å²) in [6, 6.07) is 1.23. The van der Waals surface area contributed by atoms with E-state index < -0.39 is 39.9 Å². The Morgan fingerprint density at radius 1 is 1.38 bits per heavy atom. The molecular formula is C22H24BrClFN5O7. The summed E-state index contributed by atoms with van der Waals surface area (Å²) in [7, 11) is 1.90. The molecule has 2 aromatic rings. The number of fused-ring (bicyclic) bond motifs is 1. The van der Waals surface area contributed by atoms with E-state index in [0.717, 1.165) is 24.3 Å². The lowest BCUT2D eigenvalue weighted by atomic mass is 9.87. The summed E-state index contributed by atoms with van der Waals surface area (Å²) >= 11 is 9.20. The molecule has 2 fully saturated rings. The van der Waals surface area contributed by atoms with Crippen molar-refractivity contribution in [1.29, 1.82) is 0 Å². The van der Waals surface area contributed by atoms with Crippen LogP contribution in [0.2, 0.25) is 5.02 Å². The maximum Gasteiger partial charge on any atom is 0.407 e. The molecule has 2 saturated heterocycles. The number of likely N-dealkylation sites (tertiary alicyclic amines) is 2. The average molecular weight is 605 g/mol. The van der Waals surface area contributed by atoms with Gasteiger partial charge in [0.15, 0.2) is 5.82 Å². The molecule has 4 rings (SSSR count). The van der Waals surface area contributed by atoms with Crippen LogP contribution in [0.1, 0.15) is 25.7 Å². The van der Waals surface area contributed by atoms with Crippen LogP contribution in [0.25, 0.3) is 10.9 Å². The zero-order valence-corrected chi connectivity index (χ0v) is 22.0. The van der Waals surface area contributed by atoms with Gasteiger partial charge in [-0.3, -0.25) is 10.1 Å². The molecule has 2 aliphatic heterocycles. The Labute approximate surface area is 223 Å². The lowest BCUT2D eigenvalue weighted by Crippen LogP contribution is -2.55. The topological polar surface area (TPSA) is 158 Å². The number of nitrogens with zero attached hydrogens (tertiary/aromatic N) is 4. The average Bonchev–Trinajstić information content (AvgIpc) is 3.26. The predicted octanol–water partition coefficient (Wildman–Crippen LogP) is 4.18. The fourth-order valence-electron chi connectivity index (χ4n) is 4.75. The highest BCUT2D eigenvalue weighted by molar-refractivity contribution is 9.10. The van der Waals surface area contributed by atoms with E-state index >= 15 is 4.39 Å². The Hall–Kier alpha value is -2.97. The summed E-state index contributed by atoms with van der Waals surface area (Å²) in [5.41, 5.74) is -3.05. The van der Waals surface area contributed by atoms with Gasteiger partial charge in [-0.25, -0.2) is 19.0 Å². The smallest absolute Gasteiger partial charge is 0.407 e. The Kier molecular flexibility index (Phi) is 7.62. The van der Waals surface area contributed by atoms with E-state index in [1.54, 1.807) is 0 Å². The molecule has 0 spiro atoms. The van der Waals surface area contributed by atoms with Gasteiger partial charge in [-0.1, -0.05) is 11.6 Å². The highest BCUT2D eigenvalue weighted by atomic mass is 79.9. The number of aliphatic carboxylic acids is 1. The van der Waals surface area contributed by atoms with Gasteiger partial charge in [0.25, 0.3) is 5.88 Å². The quantitative estimate of drug-likeness (QED) is 0.238. The summed E-state index contributed by atoms with van der Waals surface area (Å²) in [5.74, 6) is -2.69. The number of carboxylic acids is 1. The van der Waals surface area contributed by atoms with Crippen LogP contribution in [0.3, 0.4) is 0 Å². The molecule has 0 bridgehead atoms. The number of nitro groups is 1. The van der Waals surface area contributed by atoms with Crippen molar-refractivity contribution in [2.45, 2.75) is 37.3 Å². The molecule has 12 nitrogen and oxygen atoms in total. The third-order valence-corrected chi connectivity index (χ3v) is 8.29. The molecule has 1 amide bonds. The summed E-state index contributed by atoms with van der Waals surface area (Å²) < 4.78 is 20.9. The second kappa shape index (κ2) is 10.4. The molecule has 1 atom stereocenters. The Morgan fingerprint density at radius 2 is 2.05 bits per heavy atom. The van der Waals surface area contributed by atoms with Gasteiger partial charge in [0, 0.05) is 24.5 Å². The third kappa shape index (κ3) is 5.09. The number of hydrogen-bond donors (Lipinski definition) is 3. The molecule has 1 unspecified atom stereocenters. The number of hydrogen-bond acceptors (Lipinski definition) is 8. The van der Waals surface area contributed by atoms with E-state index in [0.29, 0.717) is 0 Å². The minimum atomic E-state index is -1.77. The van der Waals surface area contributed by atoms with Gasteiger partial charge < -0.3 is 30.1 Å². The number of ether oxygens (including phenoxy) is 1. The highest BCUT2D eigenvalue weighted by Crippen LogP contribution is 2.45. The van der Waals surface area contributed by atoms with Crippen LogP contribution in [0.15, 0.2) is 10.5 Å². The van der Waals surface area contributed by atoms with Crippen molar-refractivity contribution in [3.8, 4) is 5.88 Å².